The number of anilines is 4. The molecule has 0 radical (unpaired) electrons. The topological polar surface area (TPSA) is 131 Å². The van der Waals surface area contributed by atoms with Crippen LogP contribution in [-0.4, -0.2) is 49.9 Å². The zero-order valence-corrected chi connectivity index (χ0v) is 21.7. The lowest BCUT2D eigenvalue weighted by molar-refractivity contribution is 0.261. The molecule has 38 heavy (non-hydrogen) atoms. The Balaban J connectivity index is 0.00000336. The van der Waals surface area contributed by atoms with Crippen LogP contribution in [0, 0.1) is 0 Å². The highest BCUT2D eigenvalue weighted by Crippen LogP contribution is 2.26. The van der Waals surface area contributed by atoms with Gasteiger partial charge >= 0.3 is 12.1 Å². The van der Waals surface area contributed by atoms with Gasteiger partial charge < -0.3 is 31.9 Å². The number of amidine groups is 2. The Hall–Kier alpha value is -4.28. The first kappa shape index (κ1) is 26.8. The Morgan fingerprint density at radius 2 is 1.18 bits per heavy atom. The molecule has 0 aliphatic carbocycles. The number of hydrogen-bond donors (Lipinski definition) is 6. The zero-order valence-electron chi connectivity index (χ0n) is 20.2. The van der Waals surface area contributed by atoms with Crippen molar-refractivity contribution in [3.8, 4) is 0 Å². The molecule has 4 amide bonds. The van der Waals surface area contributed by atoms with E-state index in [0.29, 0.717) is 22.7 Å². The summed E-state index contributed by atoms with van der Waals surface area (Å²) in [6.07, 6.45) is 0. The Morgan fingerprint density at radius 1 is 0.684 bits per heavy atom. The molecule has 5 rings (SSSR count). The second kappa shape index (κ2) is 12.3. The van der Waals surface area contributed by atoms with Crippen molar-refractivity contribution >= 4 is 70.5 Å². The maximum absolute atomic E-state index is 12.5. The minimum atomic E-state index is -0.444. The summed E-state index contributed by atoms with van der Waals surface area (Å²) < 4.78 is 0. The third kappa shape index (κ3) is 6.72. The van der Waals surface area contributed by atoms with Crippen LogP contribution in [-0.2, 0) is 0 Å². The van der Waals surface area contributed by atoms with Gasteiger partial charge in [-0.3, -0.25) is 9.98 Å². The molecule has 196 valence electrons. The summed E-state index contributed by atoms with van der Waals surface area (Å²) in [5.41, 5.74) is 3.94. The van der Waals surface area contributed by atoms with E-state index in [4.69, 9.17) is 11.6 Å². The zero-order chi connectivity index (χ0) is 25.6. The van der Waals surface area contributed by atoms with Crippen molar-refractivity contribution in [3.63, 3.8) is 0 Å². The number of carbonyl (C=O) groups is 2. The van der Waals surface area contributed by atoms with Gasteiger partial charge in [-0.05, 0) is 42.5 Å². The van der Waals surface area contributed by atoms with E-state index in [1.807, 2.05) is 36.4 Å². The van der Waals surface area contributed by atoms with Crippen LogP contribution in [0.1, 0.15) is 11.1 Å². The van der Waals surface area contributed by atoms with Crippen LogP contribution < -0.4 is 31.9 Å². The molecule has 3 aromatic rings. The Bertz CT molecular complexity index is 1410. The molecule has 0 bridgehead atoms. The van der Waals surface area contributed by atoms with Gasteiger partial charge in [0.05, 0.1) is 23.8 Å². The fraction of sp³-hybridized carbons (Fsp3) is 0.154. The van der Waals surface area contributed by atoms with Gasteiger partial charge in [0.2, 0.25) is 0 Å². The van der Waals surface area contributed by atoms with Crippen LogP contribution in [0.3, 0.4) is 0 Å². The van der Waals surface area contributed by atoms with Crippen molar-refractivity contribution in [2.24, 2.45) is 9.98 Å². The molecule has 0 saturated carbocycles. The Labute approximate surface area is 230 Å². The van der Waals surface area contributed by atoms with Crippen molar-refractivity contribution in [3.05, 3.63) is 82.9 Å². The second-order valence-corrected chi connectivity index (χ2v) is 8.74. The van der Waals surface area contributed by atoms with E-state index in [1.54, 1.807) is 30.3 Å². The molecule has 0 atom stereocenters. The van der Waals surface area contributed by atoms with E-state index in [0.717, 1.165) is 49.0 Å². The minimum absolute atomic E-state index is 0. The summed E-state index contributed by atoms with van der Waals surface area (Å²) in [5, 5.41) is 17.8. The molecule has 0 fully saturated rings. The summed E-state index contributed by atoms with van der Waals surface area (Å²) >= 11 is 6.37. The summed E-state index contributed by atoms with van der Waals surface area (Å²) in [6.45, 7) is 3.09. The number of nitrogens with zero attached hydrogens (tertiary/aromatic N) is 2. The monoisotopic (exact) mass is 552 g/mol. The average Bonchev–Trinajstić information content (AvgIpc) is 3.61. The Kier molecular flexibility index (Phi) is 8.67. The normalized spacial score (nSPS) is 13.7. The lowest BCUT2D eigenvalue weighted by Gasteiger charge is -2.12. The van der Waals surface area contributed by atoms with Gasteiger partial charge in [-0.2, -0.15) is 0 Å². The first-order chi connectivity index (χ1) is 18.0. The number of rotatable bonds is 6. The van der Waals surface area contributed by atoms with Crippen molar-refractivity contribution in [2.75, 3.05) is 47.4 Å². The van der Waals surface area contributed by atoms with Gasteiger partial charge in [-0.15, -0.1) is 12.4 Å². The lowest BCUT2D eigenvalue weighted by Crippen LogP contribution is -2.22. The van der Waals surface area contributed by atoms with Crippen LogP contribution in [0.15, 0.2) is 76.7 Å². The van der Waals surface area contributed by atoms with Gasteiger partial charge in [0.25, 0.3) is 0 Å². The van der Waals surface area contributed by atoms with E-state index in [-0.39, 0.29) is 17.4 Å². The van der Waals surface area contributed by atoms with Crippen molar-refractivity contribution < 1.29 is 9.59 Å². The van der Waals surface area contributed by atoms with E-state index in [2.05, 4.69) is 41.9 Å². The summed E-state index contributed by atoms with van der Waals surface area (Å²) in [4.78, 5) is 33.8. The first-order valence-electron chi connectivity index (χ1n) is 11.8. The van der Waals surface area contributed by atoms with Crippen LogP contribution >= 0.6 is 24.0 Å². The van der Waals surface area contributed by atoms with Gasteiger partial charge in [0.1, 0.15) is 11.7 Å². The molecule has 0 saturated heterocycles. The molecule has 2 heterocycles. The molecular weight excluding hydrogens is 527 g/mol. The second-order valence-electron chi connectivity index (χ2n) is 8.33. The standard InChI is InChI=1S/C26H25ClN8O2.ClH/c27-21-15-20(34-25(36)32-18-5-1-3-16(13-18)23-28-9-10-29-23)7-8-22(21)35-26(37)33-19-6-2-4-17(14-19)24-30-11-12-31-24;/h1-8,13-15H,9-12H2,(H,28,29)(H,30,31)(H2,32,34,36)(H2,33,35,37);1H. The van der Waals surface area contributed by atoms with E-state index in [1.165, 1.54) is 0 Å². The smallest absolute Gasteiger partial charge is 0.323 e. The van der Waals surface area contributed by atoms with E-state index in [9.17, 15) is 9.59 Å². The van der Waals surface area contributed by atoms with E-state index < -0.39 is 12.1 Å². The fourth-order valence-corrected chi connectivity index (χ4v) is 4.17. The maximum atomic E-state index is 12.5. The lowest BCUT2D eigenvalue weighted by atomic mass is 10.2. The number of nitrogens with one attached hydrogen (secondary N) is 6. The highest BCUT2D eigenvalue weighted by atomic mass is 35.5. The predicted molar refractivity (Wildman–Crippen MR) is 156 cm³/mol. The fourth-order valence-electron chi connectivity index (χ4n) is 3.94. The Morgan fingerprint density at radius 3 is 1.66 bits per heavy atom. The van der Waals surface area contributed by atoms with Crippen molar-refractivity contribution in [2.45, 2.75) is 0 Å². The number of aliphatic imine (C=N–C) groups is 2. The molecule has 2 aliphatic heterocycles. The number of halogens is 2. The third-order valence-electron chi connectivity index (χ3n) is 5.61. The summed E-state index contributed by atoms with van der Waals surface area (Å²) in [7, 11) is 0. The highest BCUT2D eigenvalue weighted by molar-refractivity contribution is 6.34. The predicted octanol–water partition coefficient (Wildman–Crippen LogP) is 4.75. The molecule has 0 spiro atoms. The molecule has 0 unspecified atom stereocenters. The van der Waals surface area contributed by atoms with E-state index >= 15 is 0 Å². The largest absolute Gasteiger partial charge is 0.368 e. The highest BCUT2D eigenvalue weighted by Gasteiger charge is 2.12. The van der Waals surface area contributed by atoms with Gasteiger partial charge in [0.15, 0.2) is 0 Å². The quantitative estimate of drug-likeness (QED) is 0.263. The van der Waals surface area contributed by atoms with Crippen LogP contribution in [0.25, 0.3) is 0 Å². The van der Waals surface area contributed by atoms with Crippen molar-refractivity contribution in [1.29, 1.82) is 0 Å². The van der Waals surface area contributed by atoms with Gasteiger partial charge in [0, 0.05) is 41.3 Å². The number of hydrogen-bond acceptors (Lipinski definition) is 6. The molecule has 2 aliphatic rings. The number of urea groups is 2. The van der Waals surface area contributed by atoms with Gasteiger partial charge in [-0.25, -0.2) is 9.59 Å². The number of carbonyl (C=O) groups excluding carboxylic acids is 2. The number of benzene rings is 3. The van der Waals surface area contributed by atoms with Crippen LogP contribution in [0.5, 0.6) is 0 Å². The molecule has 0 aromatic heterocycles. The van der Waals surface area contributed by atoms with Crippen LogP contribution in [0.4, 0.5) is 32.3 Å². The molecular formula is C26H26Cl2N8O2. The third-order valence-corrected chi connectivity index (χ3v) is 5.92. The first-order valence-corrected chi connectivity index (χ1v) is 12.1. The molecule has 10 nitrogen and oxygen atoms in total. The van der Waals surface area contributed by atoms with Crippen LogP contribution in [0.2, 0.25) is 5.02 Å². The summed E-state index contributed by atoms with van der Waals surface area (Å²) in [6, 6.07) is 18.8. The van der Waals surface area contributed by atoms with Gasteiger partial charge in [-0.1, -0.05) is 35.9 Å². The summed E-state index contributed by atoms with van der Waals surface area (Å²) in [5.74, 6) is 1.63. The average molecular weight is 553 g/mol. The van der Waals surface area contributed by atoms with Crippen molar-refractivity contribution in [1.82, 2.24) is 10.6 Å². The molecule has 3 aromatic carbocycles. The maximum Gasteiger partial charge on any atom is 0.323 e. The minimum Gasteiger partial charge on any atom is -0.368 e. The number of amides is 4. The SMILES string of the molecule is Cl.O=C(Nc1cccc(C2=NCCN2)c1)Nc1ccc(NC(=O)Nc2cccc(C3=NCCN3)c2)c(Cl)c1. The molecule has 6 N–H and O–H groups in total. The molecule has 12 heteroatoms.